The Bertz CT molecular complexity index is 603. The van der Waals surface area contributed by atoms with E-state index in [4.69, 9.17) is 0 Å². The smallest absolute Gasteiger partial charge is 0.243 e. The fraction of sp³-hybridized carbons (Fsp3) is 0.824. The lowest BCUT2D eigenvalue weighted by atomic mass is 10.1. The third-order valence-electron chi connectivity index (χ3n) is 4.62. The zero-order chi connectivity index (χ0) is 20.3. The molecule has 1 heterocycles. The molecule has 158 valence electrons. The van der Waals surface area contributed by atoms with E-state index >= 15 is 0 Å². The van der Waals surface area contributed by atoms with Gasteiger partial charge in [0.05, 0.1) is 11.9 Å². The molecule has 27 heavy (non-hydrogen) atoms. The lowest BCUT2D eigenvalue weighted by molar-refractivity contribution is -0.695. The molecule has 10 heteroatoms. The molecule has 0 N–H and O–H groups in total. The molecule has 0 atom stereocenters. The van der Waals surface area contributed by atoms with Crippen molar-refractivity contribution in [3.05, 3.63) is 18.7 Å². The van der Waals surface area contributed by atoms with Crippen molar-refractivity contribution in [2.24, 2.45) is 0 Å². The molecule has 0 bridgehead atoms. The maximum atomic E-state index is 11.0. The first kappa shape index (κ1) is 24.5. The quantitative estimate of drug-likeness (QED) is 0.234. The summed E-state index contributed by atoms with van der Waals surface area (Å²) < 4.78 is 25.1. The van der Waals surface area contributed by atoms with Gasteiger partial charge in [-0.05, 0) is 12.8 Å². The molecular formula is C17H31N2O6P2-3. The van der Waals surface area contributed by atoms with E-state index in [9.17, 15) is 28.7 Å². The van der Waals surface area contributed by atoms with E-state index in [0.29, 0.717) is 6.54 Å². The van der Waals surface area contributed by atoms with Crippen LogP contribution in [0.4, 0.5) is 0 Å². The van der Waals surface area contributed by atoms with Crippen LogP contribution >= 0.6 is 15.2 Å². The Labute approximate surface area is 161 Å². The monoisotopic (exact) mass is 421 g/mol. The van der Waals surface area contributed by atoms with Crippen LogP contribution in [-0.2, 0) is 22.2 Å². The molecule has 0 aromatic carbocycles. The highest BCUT2D eigenvalue weighted by molar-refractivity contribution is 7.68. The zero-order valence-electron chi connectivity index (χ0n) is 16.0. The van der Waals surface area contributed by atoms with Crippen molar-refractivity contribution >= 4 is 15.2 Å². The normalized spacial score (nSPS) is 12.8. The van der Waals surface area contributed by atoms with E-state index in [1.54, 1.807) is 10.8 Å². The number of nitrogens with zero attached hydrogens (tertiary/aromatic N) is 2. The second-order valence-corrected chi connectivity index (χ2v) is 10.9. The third kappa shape index (κ3) is 10.6. The predicted octanol–water partition coefficient (Wildman–Crippen LogP) is 0.850. The van der Waals surface area contributed by atoms with Gasteiger partial charge in [0.2, 0.25) is 6.33 Å². The Kier molecular flexibility index (Phi) is 11.0. The lowest BCUT2D eigenvalue weighted by Gasteiger charge is -2.48. The second kappa shape index (κ2) is 12.2. The van der Waals surface area contributed by atoms with Gasteiger partial charge in [-0.3, -0.25) is 0 Å². The molecule has 0 aliphatic rings. The summed E-state index contributed by atoms with van der Waals surface area (Å²) in [4.78, 5) is 44.2. The predicted molar refractivity (Wildman–Crippen MR) is 95.5 cm³/mol. The van der Waals surface area contributed by atoms with E-state index in [1.165, 1.54) is 68.5 Å². The summed E-state index contributed by atoms with van der Waals surface area (Å²) in [7, 11) is -11.0. The molecule has 1 rings (SSSR count). The van der Waals surface area contributed by atoms with Gasteiger partial charge in [-0.15, -0.1) is 0 Å². The summed E-state index contributed by atoms with van der Waals surface area (Å²) in [5.41, 5.74) is 0. The van der Waals surface area contributed by atoms with E-state index in [2.05, 4.69) is 6.92 Å². The fourth-order valence-corrected chi connectivity index (χ4v) is 5.19. The van der Waals surface area contributed by atoms with Crippen molar-refractivity contribution < 1.29 is 33.3 Å². The zero-order valence-corrected chi connectivity index (χ0v) is 17.8. The van der Waals surface area contributed by atoms with Crippen molar-refractivity contribution in [1.29, 1.82) is 0 Å². The average Bonchev–Trinajstić information content (AvgIpc) is 3.00. The highest BCUT2D eigenvalue weighted by Crippen LogP contribution is 2.49. The molecule has 0 fully saturated rings. The van der Waals surface area contributed by atoms with Crippen LogP contribution in [0.5, 0.6) is 0 Å². The minimum Gasteiger partial charge on any atom is -0.810 e. The number of hydrogen-bond acceptors (Lipinski definition) is 6. The molecule has 0 spiro atoms. The lowest BCUT2D eigenvalue weighted by Crippen LogP contribution is -2.45. The van der Waals surface area contributed by atoms with Gasteiger partial charge in [0.1, 0.15) is 18.9 Å². The molecule has 8 nitrogen and oxygen atoms in total. The van der Waals surface area contributed by atoms with E-state index < -0.39 is 27.1 Å². The summed E-state index contributed by atoms with van der Waals surface area (Å²) in [6, 6.07) is 0. The standard InChI is InChI=1S/C17H34N2O6P2/c1-2-3-4-5-6-7-8-9-10-11-12-18-13-14-19(16-18)15-17(26(20,21)22)27(23,24)25/h13-14,16-17H,2-12,15H2,1H3,(H3-,20,21,22,23,24,25)/p-3. The van der Waals surface area contributed by atoms with Crippen LogP contribution in [-0.4, -0.2) is 9.97 Å². The molecule has 0 amide bonds. The van der Waals surface area contributed by atoms with Crippen LogP contribution in [0.3, 0.4) is 0 Å². The Balaban J connectivity index is 2.27. The van der Waals surface area contributed by atoms with Crippen molar-refractivity contribution in [3.8, 4) is 0 Å². The Morgan fingerprint density at radius 1 is 0.852 bits per heavy atom. The first-order valence-corrected chi connectivity index (χ1v) is 12.9. The van der Waals surface area contributed by atoms with Gasteiger partial charge >= 0.3 is 0 Å². The largest absolute Gasteiger partial charge is 0.810 e. The van der Waals surface area contributed by atoms with Crippen LogP contribution in [0.2, 0.25) is 0 Å². The Morgan fingerprint density at radius 3 is 1.81 bits per heavy atom. The highest BCUT2D eigenvalue weighted by Gasteiger charge is 2.21. The van der Waals surface area contributed by atoms with Gasteiger partial charge in [-0.1, -0.05) is 73.5 Å². The van der Waals surface area contributed by atoms with Crippen LogP contribution in [0.25, 0.3) is 0 Å². The second-order valence-electron chi connectivity index (χ2n) is 7.09. The number of unbranched alkanes of at least 4 members (excludes halogenated alkanes) is 9. The van der Waals surface area contributed by atoms with Gasteiger partial charge in [0, 0.05) is 0 Å². The minimum absolute atomic E-state index is 0.667. The molecule has 1 aromatic heterocycles. The topological polar surface area (TPSA) is 135 Å². The Hall–Kier alpha value is -0.490. The summed E-state index contributed by atoms with van der Waals surface area (Å²) >= 11 is 0. The van der Waals surface area contributed by atoms with Crippen LogP contribution in [0.1, 0.15) is 71.1 Å². The Morgan fingerprint density at radius 2 is 1.33 bits per heavy atom. The third-order valence-corrected chi connectivity index (χ3v) is 8.10. The van der Waals surface area contributed by atoms with E-state index in [1.807, 2.05) is 0 Å². The van der Waals surface area contributed by atoms with Crippen molar-refractivity contribution in [3.63, 3.8) is 0 Å². The first-order chi connectivity index (χ1) is 12.6. The number of aromatic nitrogens is 2. The van der Waals surface area contributed by atoms with Crippen LogP contribution in [0, 0.1) is 0 Å². The molecule has 0 unspecified atom stereocenters. The van der Waals surface area contributed by atoms with Crippen LogP contribution < -0.4 is 24.1 Å². The summed E-state index contributed by atoms with van der Waals surface area (Å²) in [5.74, 6) is 0. The first-order valence-electron chi connectivity index (χ1n) is 9.73. The number of aryl methyl sites for hydroxylation is 1. The molecule has 0 aliphatic heterocycles. The minimum atomic E-state index is -5.52. The SMILES string of the molecule is CCCCCCCCCCCCn1cc[n+](CC(P(=O)([O-])[O-])P(=O)([O-])[O-])c1. The number of hydrogen-bond donors (Lipinski definition) is 0. The fourth-order valence-electron chi connectivity index (χ4n) is 3.02. The molecule has 1 aromatic rings. The maximum Gasteiger partial charge on any atom is 0.243 e. The van der Waals surface area contributed by atoms with Gasteiger partial charge in [-0.25, -0.2) is 9.13 Å². The summed E-state index contributed by atoms with van der Waals surface area (Å²) in [6.07, 6.45) is 16.9. The van der Waals surface area contributed by atoms with Gasteiger partial charge in [-0.2, -0.15) is 0 Å². The molecular weight excluding hydrogens is 390 g/mol. The molecule has 0 saturated carbocycles. The van der Waals surface area contributed by atoms with Crippen molar-refractivity contribution in [2.75, 3.05) is 0 Å². The summed E-state index contributed by atoms with van der Waals surface area (Å²) in [6.45, 7) is 2.26. The van der Waals surface area contributed by atoms with Crippen molar-refractivity contribution in [2.45, 2.75) is 89.6 Å². The molecule has 0 saturated heterocycles. The van der Waals surface area contributed by atoms with Gasteiger partial charge in [0.15, 0.2) is 0 Å². The van der Waals surface area contributed by atoms with Gasteiger partial charge in [0.25, 0.3) is 0 Å². The van der Waals surface area contributed by atoms with Gasteiger partial charge < -0.3 is 28.7 Å². The summed E-state index contributed by atoms with van der Waals surface area (Å²) in [5, 5.41) is -2.46. The van der Waals surface area contributed by atoms with E-state index in [-0.39, 0.29) is 0 Å². The number of rotatable bonds is 15. The molecule has 0 aliphatic carbocycles. The maximum absolute atomic E-state index is 11.0. The van der Waals surface area contributed by atoms with Crippen molar-refractivity contribution in [1.82, 2.24) is 4.57 Å². The highest BCUT2D eigenvalue weighted by atomic mass is 31.2. The van der Waals surface area contributed by atoms with E-state index in [0.717, 1.165) is 12.8 Å². The van der Waals surface area contributed by atoms with Crippen LogP contribution in [0.15, 0.2) is 18.7 Å². The number of imidazole rings is 1. The molecule has 0 radical (unpaired) electrons. The average molecular weight is 421 g/mol.